The fourth-order valence-electron chi connectivity index (χ4n) is 2.83. The molecule has 0 saturated heterocycles. The molecule has 0 spiro atoms. The van der Waals surface area contributed by atoms with Crippen molar-refractivity contribution >= 4 is 5.91 Å². The molecule has 1 N–H and O–H groups in total. The van der Waals surface area contributed by atoms with Crippen LogP contribution in [-0.2, 0) is 26.4 Å². The molecule has 20 heavy (non-hydrogen) atoms. The van der Waals surface area contributed by atoms with Gasteiger partial charge in [0.2, 0.25) is 0 Å². The summed E-state index contributed by atoms with van der Waals surface area (Å²) in [6.07, 6.45) is 3.70. The summed E-state index contributed by atoms with van der Waals surface area (Å²) in [5, 5.41) is 7.44. The molecule has 0 aromatic carbocycles. The number of carbonyl (C=O) groups is 1. The third kappa shape index (κ3) is 1.94. The molecule has 0 bridgehead atoms. The average molecular weight is 272 g/mol. The van der Waals surface area contributed by atoms with Gasteiger partial charge < -0.3 is 9.47 Å². The van der Waals surface area contributed by atoms with Crippen molar-refractivity contribution in [3.8, 4) is 0 Å². The first-order valence-electron chi connectivity index (χ1n) is 7.08. The van der Waals surface area contributed by atoms with E-state index in [1.54, 1.807) is 0 Å². The number of aromatic nitrogens is 3. The summed E-state index contributed by atoms with van der Waals surface area (Å²) in [5.74, 6) is 0.122. The van der Waals surface area contributed by atoms with Crippen molar-refractivity contribution in [2.45, 2.75) is 33.2 Å². The van der Waals surface area contributed by atoms with Crippen LogP contribution in [0.25, 0.3) is 0 Å². The van der Waals surface area contributed by atoms with Gasteiger partial charge in [-0.25, -0.2) is 0 Å². The SMILES string of the molecule is CCc1n[nH]c2c1CN(C(=O)c1ccn(C)c1C)CC2. The highest BCUT2D eigenvalue weighted by Crippen LogP contribution is 2.23. The highest BCUT2D eigenvalue weighted by atomic mass is 16.2. The lowest BCUT2D eigenvalue weighted by atomic mass is 10.0. The van der Waals surface area contributed by atoms with Gasteiger partial charge >= 0.3 is 0 Å². The third-order valence-electron chi connectivity index (χ3n) is 4.26. The predicted octanol–water partition coefficient (Wildman–Crippen LogP) is 1.82. The molecule has 3 heterocycles. The smallest absolute Gasteiger partial charge is 0.255 e. The molecule has 1 aliphatic rings. The molecule has 1 aliphatic heterocycles. The van der Waals surface area contributed by atoms with E-state index in [0.29, 0.717) is 6.54 Å². The molecule has 5 heteroatoms. The van der Waals surface area contributed by atoms with E-state index in [4.69, 9.17) is 0 Å². The fourth-order valence-corrected chi connectivity index (χ4v) is 2.83. The maximum Gasteiger partial charge on any atom is 0.255 e. The number of H-pyrrole nitrogens is 1. The van der Waals surface area contributed by atoms with Gasteiger partial charge in [-0.3, -0.25) is 9.89 Å². The Kier molecular flexibility index (Phi) is 3.12. The van der Waals surface area contributed by atoms with E-state index in [9.17, 15) is 4.79 Å². The number of amides is 1. The number of hydrogen-bond donors (Lipinski definition) is 1. The van der Waals surface area contributed by atoms with E-state index in [1.807, 2.05) is 35.7 Å². The lowest BCUT2D eigenvalue weighted by Crippen LogP contribution is -2.36. The lowest BCUT2D eigenvalue weighted by molar-refractivity contribution is 0.0733. The van der Waals surface area contributed by atoms with Crippen LogP contribution in [-0.4, -0.2) is 32.1 Å². The maximum absolute atomic E-state index is 12.6. The molecule has 3 rings (SSSR count). The summed E-state index contributed by atoms with van der Waals surface area (Å²) in [7, 11) is 1.96. The minimum absolute atomic E-state index is 0.122. The lowest BCUT2D eigenvalue weighted by Gasteiger charge is -2.27. The van der Waals surface area contributed by atoms with Crippen LogP contribution in [0, 0.1) is 6.92 Å². The Morgan fingerprint density at radius 2 is 2.30 bits per heavy atom. The number of fused-ring (bicyclic) bond motifs is 1. The minimum Gasteiger partial charge on any atom is -0.354 e. The third-order valence-corrected chi connectivity index (χ3v) is 4.26. The van der Waals surface area contributed by atoms with Crippen molar-refractivity contribution < 1.29 is 4.79 Å². The summed E-state index contributed by atoms with van der Waals surface area (Å²) < 4.78 is 1.98. The van der Waals surface area contributed by atoms with Crippen LogP contribution in [0.1, 0.15) is 39.9 Å². The normalized spacial score (nSPS) is 14.4. The van der Waals surface area contributed by atoms with Gasteiger partial charge in [0.1, 0.15) is 0 Å². The number of aryl methyl sites for hydroxylation is 2. The molecule has 2 aromatic rings. The van der Waals surface area contributed by atoms with E-state index < -0.39 is 0 Å². The Bertz CT molecular complexity index is 639. The van der Waals surface area contributed by atoms with Gasteiger partial charge in [-0.05, 0) is 19.4 Å². The Hall–Kier alpha value is -2.04. The molecule has 2 aromatic heterocycles. The van der Waals surface area contributed by atoms with Crippen LogP contribution in [0.4, 0.5) is 0 Å². The first-order chi connectivity index (χ1) is 9.61. The Morgan fingerprint density at radius 1 is 1.50 bits per heavy atom. The van der Waals surface area contributed by atoms with Gasteiger partial charge in [-0.1, -0.05) is 6.92 Å². The van der Waals surface area contributed by atoms with Crippen LogP contribution >= 0.6 is 0 Å². The van der Waals surface area contributed by atoms with E-state index in [-0.39, 0.29) is 5.91 Å². The van der Waals surface area contributed by atoms with Gasteiger partial charge in [-0.15, -0.1) is 0 Å². The summed E-state index contributed by atoms with van der Waals surface area (Å²) in [5.41, 5.74) is 5.31. The molecule has 5 nitrogen and oxygen atoms in total. The Balaban J connectivity index is 1.86. The zero-order valence-electron chi connectivity index (χ0n) is 12.2. The molecular weight excluding hydrogens is 252 g/mol. The van der Waals surface area contributed by atoms with Crippen molar-refractivity contribution in [3.63, 3.8) is 0 Å². The molecule has 1 amide bonds. The van der Waals surface area contributed by atoms with Gasteiger partial charge in [0.05, 0.1) is 11.3 Å². The summed E-state index contributed by atoms with van der Waals surface area (Å²) >= 11 is 0. The molecule has 0 aliphatic carbocycles. The number of rotatable bonds is 2. The predicted molar refractivity (Wildman–Crippen MR) is 76.6 cm³/mol. The van der Waals surface area contributed by atoms with E-state index in [0.717, 1.165) is 36.3 Å². The number of carbonyl (C=O) groups excluding carboxylic acids is 1. The first kappa shape index (κ1) is 13.0. The molecule has 106 valence electrons. The van der Waals surface area contributed by atoms with Crippen LogP contribution in [0.2, 0.25) is 0 Å². The summed E-state index contributed by atoms with van der Waals surface area (Å²) in [4.78, 5) is 14.6. The largest absolute Gasteiger partial charge is 0.354 e. The monoisotopic (exact) mass is 272 g/mol. The van der Waals surface area contributed by atoms with Crippen molar-refractivity contribution in [2.24, 2.45) is 7.05 Å². The second kappa shape index (κ2) is 4.81. The van der Waals surface area contributed by atoms with Crippen LogP contribution < -0.4 is 0 Å². The summed E-state index contributed by atoms with van der Waals surface area (Å²) in [6, 6.07) is 1.91. The van der Waals surface area contributed by atoms with Crippen molar-refractivity contribution in [1.82, 2.24) is 19.7 Å². The Labute approximate surface area is 118 Å². The summed E-state index contributed by atoms with van der Waals surface area (Å²) in [6.45, 7) is 5.50. The molecule has 0 fully saturated rings. The van der Waals surface area contributed by atoms with Crippen LogP contribution in [0.15, 0.2) is 12.3 Å². The highest BCUT2D eigenvalue weighted by molar-refractivity contribution is 5.95. The second-order valence-electron chi connectivity index (χ2n) is 5.38. The molecule has 0 saturated carbocycles. The first-order valence-corrected chi connectivity index (χ1v) is 7.08. The van der Waals surface area contributed by atoms with E-state index in [1.165, 1.54) is 11.3 Å². The van der Waals surface area contributed by atoms with Crippen molar-refractivity contribution in [1.29, 1.82) is 0 Å². The fraction of sp³-hybridized carbons (Fsp3) is 0.467. The topological polar surface area (TPSA) is 53.9 Å². The van der Waals surface area contributed by atoms with E-state index in [2.05, 4.69) is 17.1 Å². The maximum atomic E-state index is 12.6. The number of aromatic amines is 1. The number of nitrogens with zero attached hydrogens (tertiary/aromatic N) is 3. The highest BCUT2D eigenvalue weighted by Gasteiger charge is 2.26. The van der Waals surface area contributed by atoms with Crippen molar-refractivity contribution in [2.75, 3.05) is 6.54 Å². The second-order valence-corrected chi connectivity index (χ2v) is 5.38. The molecule has 0 atom stereocenters. The molecule has 0 unspecified atom stereocenters. The van der Waals surface area contributed by atoms with E-state index >= 15 is 0 Å². The molecule has 0 radical (unpaired) electrons. The molecular formula is C15H20N4O. The van der Waals surface area contributed by atoms with Gasteiger partial charge in [0.15, 0.2) is 0 Å². The van der Waals surface area contributed by atoms with Gasteiger partial charge in [0.25, 0.3) is 5.91 Å². The van der Waals surface area contributed by atoms with Crippen LogP contribution in [0.3, 0.4) is 0 Å². The average Bonchev–Trinajstić information content (AvgIpc) is 3.02. The quantitative estimate of drug-likeness (QED) is 0.906. The van der Waals surface area contributed by atoms with Gasteiger partial charge in [0, 0.05) is 49.7 Å². The number of nitrogens with one attached hydrogen (secondary N) is 1. The van der Waals surface area contributed by atoms with Crippen molar-refractivity contribution in [3.05, 3.63) is 40.5 Å². The Morgan fingerprint density at radius 3 is 2.95 bits per heavy atom. The van der Waals surface area contributed by atoms with Gasteiger partial charge in [-0.2, -0.15) is 5.10 Å². The minimum atomic E-state index is 0.122. The zero-order chi connectivity index (χ0) is 14.3. The standard InChI is InChI=1S/C15H20N4O/c1-4-13-12-9-19(8-6-14(12)17-16-13)15(20)11-5-7-18(3)10(11)2/h5,7H,4,6,8-9H2,1-3H3,(H,16,17). The van der Waals surface area contributed by atoms with Crippen LogP contribution in [0.5, 0.6) is 0 Å². The zero-order valence-corrected chi connectivity index (χ0v) is 12.2. The number of hydrogen-bond acceptors (Lipinski definition) is 2.